The molecule has 1 atom stereocenters. The van der Waals surface area contributed by atoms with Crippen LogP contribution in [0.5, 0.6) is 0 Å². The number of aromatic nitrogens is 1. The molecule has 7 nitrogen and oxygen atoms in total. The number of rotatable bonds is 6. The van der Waals surface area contributed by atoms with Crippen molar-refractivity contribution in [3.63, 3.8) is 0 Å². The van der Waals surface area contributed by atoms with Gasteiger partial charge in [-0.1, -0.05) is 18.7 Å². The molecule has 9 heteroatoms. The standard InChI is InChI=1S/C18H25N3O4S2/c1-4-13-7-5-6-10-21(13)17(22)12-26-18-19-15-11-14(8-9-16(15)25-18)27(23,24)20(2)3/h8-9,11,13H,4-7,10,12H2,1-3H3/t13-/m0/s1. The minimum absolute atomic E-state index is 0.102. The van der Waals surface area contributed by atoms with Crippen LogP contribution in [0, 0.1) is 0 Å². The Morgan fingerprint density at radius 3 is 2.85 bits per heavy atom. The Hall–Kier alpha value is -1.58. The number of carbonyl (C=O) groups excluding carboxylic acids is 1. The van der Waals surface area contributed by atoms with Crippen LogP contribution in [0.2, 0.25) is 0 Å². The summed E-state index contributed by atoms with van der Waals surface area (Å²) in [5.74, 6) is 0.372. The number of fused-ring (bicyclic) bond motifs is 1. The van der Waals surface area contributed by atoms with Gasteiger partial charge in [0.2, 0.25) is 15.9 Å². The highest BCUT2D eigenvalue weighted by Gasteiger charge is 2.25. The number of amides is 1. The third-order valence-corrected chi connectivity index (χ3v) is 7.48. The number of nitrogens with zero attached hydrogens (tertiary/aromatic N) is 3. The molecule has 1 aliphatic heterocycles. The molecule has 0 unspecified atom stereocenters. The summed E-state index contributed by atoms with van der Waals surface area (Å²) in [5, 5.41) is 0.378. The topological polar surface area (TPSA) is 83.7 Å². The maximum Gasteiger partial charge on any atom is 0.257 e. The van der Waals surface area contributed by atoms with Gasteiger partial charge in [-0.2, -0.15) is 0 Å². The van der Waals surface area contributed by atoms with Crippen LogP contribution in [0.1, 0.15) is 32.6 Å². The predicted octanol–water partition coefficient (Wildman–Crippen LogP) is 2.96. The Kier molecular flexibility index (Phi) is 6.12. The van der Waals surface area contributed by atoms with Gasteiger partial charge in [-0.15, -0.1) is 0 Å². The highest BCUT2D eigenvalue weighted by atomic mass is 32.2. The maximum atomic E-state index is 12.6. The zero-order valence-corrected chi connectivity index (χ0v) is 17.5. The zero-order valence-electron chi connectivity index (χ0n) is 15.8. The minimum atomic E-state index is -3.52. The van der Waals surface area contributed by atoms with Crippen LogP contribution in [0.25, 0.3) is 11.1 Å². The summed E-state index contributed by atoms with van der Waals surface area (Å²) in [7, 11) is -0.553. The Balaban J connectivity index is 1.71. The van der Waals surface area contributed by atoms with Crippen LogP contribution in [0.4, 0.5) is 0 Å². The van der Waals surface area contributed by atoms with E-state index in [0.29, 0.717) is 22.4 Å². The number of carbonyl (C=O) groups is 1. The Morgan fingerprint density at radius 2 is 2.15 bits per heavy atom. The summed E-state index contributed by atoms with van der Waals surface area (Å²) in [5.41, 5.74) is 0.976. The molecular formula is C18H25N3O4S2. The molecule has 0 radical (unpaired) electrons. The first-order valence-electron chi connectivity index (χ1n) is 9.08. The third kappa shape index (κ3) is 4.30. The van der Waals surface area contributed by atoms with Crippen LogP contribution in [0.3, 0.4) is 0 Å². The molecular weight excluding hydrogens is 386 g/mol. The van der Waals surface area contributed by atoms with E-state index >= 15 is 0 Å². The number of thioether (sulfide) groups is 1. The van der Waals surface area contributed by atoms with Crippen molar-refractivity contribution in [3.8, 4) is 0 Å². The van der Waals surface area contributed by atoms with Gasteiger partial charge in [0, 0.05) is 26.7 Å². The van der Waals surface area contributed by atoms with Gasteiger partial charge in [0.1, 0.15) is 5.52 Å². The quantitative estimate of drug-likeness (QED) is 0.680. The Labute approximate surface area is 164 Å². The average molecular weight is 412 g/mol. The maximum absolute atomic E-state index is 12.6. The van der Waals surface area contributed by atoms with Gasteiger partial charge in [0.25, 0.3) is 5.22 Å². The molecule has 148 valence electrons. The van der Waals surface area contributed by atoms with Crippen LogP contribution < -0.4 is 0 Å². The van der Waals surface area contributed by atoms with E-state index in [2.05, 4.69) is 11.9 Å². The smallest absolute Gasteiger partial charge is 0.257 e. The molecule has 0 N–H and O–H groups in total. The summed E-state index contributed by atoms with van der Waals surface area (Å²) in [6, 6.07) is 4.93. The molecule has 1 saturated heterocycles. The molecule has 1 aliphatic rings. The van der Waals surface area contributed by atoms with Gasteiger partial charge in [0.05, 0.1) is 10.6 Å². The summed E-state index contributed by atoms with van der Waals surface area (Å²) >= 11 is 1.25. The number of hydrogen-bond acceptors (Lipinski definition) is 6. The van der Waals surface area contributed by atoms with Crippen molar-refractivity contribution in [2.45, 2.75) is 48.8 Å². The van der Waals surface area contributed by atoms with Gasteiger partial charge < -0.3 is 9.32 Å². The fourth-order valence-corrected chi connectivity index (χ4v) is 4.93. The highest BCUT2D eigenvalue weighted by Crippen LogP contribution is 2.27. The lowest BCUT2D eigenvalue weighted by Gasteiger charge is -2.35. The normalized spacial score (nSPS) is 18.4. The lowest BCUT2D eigenvalue weighted by molar-refractivity contribution is -0.132. The predicted molar refractivity (Wildman–Crippen MR) is 105 cm³/mol. The van der Waals surface area contributed by atoms with Crippen molar-refractivity contribution >= 4 is 38.8 Å². The van der Waals surface area contributed by atoms with Crippen LogP contribution >= 0.6 is 11.8 Å². The van der Waals surface area contributed by atoms with Crippen molar-refractivity contribution in [2.75, 3.05) is 26.4 Å². The van der Waals surface area contributed by atoms with E-state index in [1.807, 2.05) is 4.90 Å². The van der Waals surface area contributed by atoms with Crippen molar-refractivity contribution in [3.05, 3.63) is 18.2 Å². The lowest BCUT2D eigenvalue weighted by atomic mass is 10.0. The molecule has 1 amide bonds. The molecule has 0 bridgehead atoms. The van der Waals surface area contributed by atoms with Crippen molar-refractivity contribution in [1.82, 2.24) is 14.2 Å². The number of hydrogen-bond donors (Lipinski definition) is 0. The summed E-state index contributed by atoms with van der Waals surface area (Å²) in [4.78, 5) is 19.1. The van der Waals surface area contributed by atoms with Crippen molar-refractivity contribution < 1.29 is 17.6 Å². The largest absolute Gasteiger partial charge is 0.431 e. The second kappa shape index (κ2) is 8.20. The lowest BCUT2D eigenvalue weighted by Crippen LogP contribution is -2.44. The molecule has 1 fully saturated rings. The zero-order chi connectivity index (χ0) is 19.6. The van der Waals surface area contributed by atoms with E-state index in [4.69, 9.17) is 4.42 Å². The van der Waals surface area contributed by atoms with Gasteiger partial charge >= 0.3 is 0 Å². The van der Waals surface area contributed by atoms with E-state index in [1.165, 1.54) is 44.4 Å². The molecule has 0 saturated carbocycles. The molecule has 0 spiro atoms. The van der Waals surface area contributed by atoms with Crippen LogP contribution in [0.15, 0.2) is 32.7 Å². The first-order chi connectivity index (χ1) is 12.8. The van der Waals surface area contributed by atoms with E-state index < -0.39 is 10.0 Å². The Bertz CT molecular complexity index is 924. The van der Waals surface area contributed by atoms with Gasteiger partial charge in [-0.3, -0.25) is 4.79 Å². The number of piperidine rings is 1. The van der Waals surface area contributed by atoms with Gasteiger partial charge in [-0.25, -0.2) is 17.7 Å². The third-order valence-electron chi connectivity index (χ3n) is 4.86. The molecule has 2 heterocycles. The fourth-order valence-electron chi connectivity index (χ4n) is 3.28. The molecule has 0 aliphatic carbocycles. The molecule has 1 aromatic heterocycles. The van der Waals surface area contributed by atoms with Crippen molar-refractivity contribution in [2.24, 2.45) is 0 Å². The molecule has 1 aromatic carbocycles. The van der Waals surface area contributed by atoms with Gasteiger partial charge in [0.15, 0.2) is 5.58 Å². The van der Waals surface area contributed by atoms with E-state index in [9.17, 15) is 13.2 Å². The second-order valence-electron chi connectivity index (χ2n) is 6.83. The molecule has 2 aromatic rings. The second-order valence-corrected chi connectivity index (χ2v) is 9.91. The number of sulfonamides is 1. The monoisotopic (exact) mass is 411 g/mol. The van der Waals surface area contributed by atoms with Gasteiger partial charge in [-0.05, 0) is 43.9 Å². The number of benzene rings is 1. The SMILES string of the molecule is CC[C@H]1CCCCN1C(=O)CSc1nc2cc(S(=O)(=O)N(C)C)ccc2o1. The minimum Gasteiger partial charge on any atom is -0.431 e. The first-order valence-corrected chi connectivity index (χ1v) is 11.5. The van der Waals surface area contributed by atoms with E-state index in [1.54, 1.807) is 6.07 Å². The fraction of sp³-hybridized carbons (Fsp3) is 0.556. The van der Waals surface area contributed by atoms with E-state index in [-0.39, 0.29) is 16.6 Å². The molecule has 27 heavy (non-hydrogen) atoms. The number of oxazole rings is 1. The highest BCUT2D eigenvalue weighted by molar-refractivity contribution is 7.99. The summed E-state index contributed by atoms with van der Waals surface area (Å²) in [6.45, 7) is 2.93. The Morgan fingerprint density at radius 1 is 1.37 bits per heavy atom. The van der Waals surface area contributed by atoms with E-state index in [0.717, 1.165) is 30.1 Å². The average Bonchev–Trinajstić information content (AvgIpc) is 3.08. The first kappa shape index (κ1) is 20.2. The van der Waals surface area contributed by atoms with Crippen molar-refractivity contribution in [1.29, 1.82) is 0 Å². The number of likely N-dealkylation sites (tertiary alicyclic amines) is 1. The van der Waals surface area contributed by atoms with Crippen LogP contribution in [-0.4, -0.2) is 60.9 Å². The summed E-state index contributed by atoms with van der Waals surface area (Å²) < 4.78 is 31.3. The van der Waals surface area contributed by atoms with Crippen LogP contribution in [-0.2, 0) is 14.8 Å². The molecule has 3 rings (SSSR count). The summed E-state index contributed by atoms with van der Waals surface area (Å²) in [6.07, 6.45) is 4.28.